The lowest BCUT2D eigenvalue weighted by atomic mass is 10.0. The van der Waals surface area contributed by atoms with Gasteiger partial charge >= 0.3 is 5.69 Å². The van der Waals surface area contributed by atoms with Gasteiger partial charge in [0, 0.05) is 26.2 Å². The molecule has 0 bridgehead atoms. The van der Waals surface area contributed by atoms with Crippen molar-refractivity contribution in [2.75, 3.05) is 13.7 Å². The first-order valence-electron chi connectivity index (χ1n) is 10.3. The number of aryl methyl sites for hydroxylation is 1. The molecular formula is C24H23N3O5. The fourth-order valence-electron chi connectivity index (χ4n) is 4.63. The molecule has 0 spiro atoms. The molecule has 2 aromatic heterocycles. The van der Waals surface area contributed by atoms with Gasteiger partial charge in [-0.15, -0.1) is 0 Å². The van der Waals surface area contributed by atoms with Crippen LogP contribution in [0.15, 0.2) is 58.1 Å². The van der Waals surface area contributed by atoms with Crippen molar-refractivity contribution in [3.63, 3.8) is 0 Å². The fraction of sp³-hybridized carbons (Fsp3) is 0.250. The maximum absolute atomic E-state index is 13.3. The Hall–Kier alpha value is -3.78. The van der Waals surface area contributed by atoms with Crippen LogP contribution in [0, 0.1) is 0 Å². The second-order valence-corrected chi connectivity index (χ2v) is 7.83. The van der Waals surface area contributed by atoms with E-state index in [1.807, 2.05) is 34.9 Å². The Labute approximate surface area is 183 Å². The molecule has 32 heavy (non-hydrogen) atoms. The zero-order valence-corrected chi connectivity index (χ0v) is 18.0. The molecule has 0 aliphatic carbocycles. The van der Waals surface area contributed by atoms with Crippen LogP contribution in [0.4, 0.5) is 0 Å². The Balaban J connectivity index is 1.94. The van der Waals surface area contributed by atoms with Crippen molar-refractivity contribution in [3.8, 4) is 22.8 Å². The first-order chi connectivity index (χ1) is 15.5. The minimum Gasteiger partial charge on any atom is -0.504 e. The first kappa shape index (κ1) is 20.1. The van der Waals surface area contributed by atoms with Gasteiger partial charge < -0.3 is 19.1 Å². The maximum Gasteiger partial charge on any atom is 0.331 e. The van der Waals surface area contributed by atoms with E-state index in [-0.39, 0.29) is 11.3 Å². The molecule has 0 unspecified atom stereocenters. The number of hydrogen-bond donors (Lipinski definition) is 1. The van der Waals surface area contributed by atoms with Gasteiger partial charge in [0.15, 0.2) is 11.5 Å². The Kier molecular flexibility index (Phi) is 4.67. The summed E-state index contributed by atoms with van der Waals surface area (Å²) < 4.78 is 16.1. The van der Waals surface area contributed by atoms with E-state index in [0.29, 0.717) is 41.1 Å². The highest BCUT2D eigenvalue weighted by molar-refractivity contribution is 5.96. The summed E-state index contributed by atoms with van der Waals surface area (Å²) in [5.74, 6) is 0.296. The molecular weight excluding hydrogens is 410 g/mol. The number of phenols is 1. The quantitative estimate of drug-likeness (QED) is 0.537. The van der Waals surface area contributed by atoms with Crippen LogP contribution < -0.4 is 16.0 Å². The van der Waals surface area contributed by atoms with Gasteiger partial charge in [0.1, 0.15) is 6.10 Å². The summed E-state index contributed by atoms with van der Waals surface area (Å²) in [6, 6.07) is 14.8. The van der Waals surface area contributed by atoms with Gasteiger partial charge in [-0.25, -0.2) is 4.79 Å². The molecule has 2 aromatic carbocycles. The molecule has 1 N–H and O–H groups in total. The Morgan fingerprint density at radius 1 is 1.03 bits per heavy atom. The smallest absolute Gasteiger partial charge is 0.331 e. The number of ether oxygens (including phenoxy) is 2. The number of phenolic OH excluding ortho intramolecular Hbond substituents is 1. The number of fused-ring (bicyclic) bond motifs is 3. The van der Waals surface area contributed by atoms with E-state index in [2.05, 4.69) is 0 Å². The number of methoxy groups -OCH3 is 1. The summed E-state index contributed by atoms with van der Waals surface area (Å²) in [7, 11) is 4.62. The summed E-state index contributed by atoms with van der Waals surface area (Å²) in [5.41, 5.74) is 2.50. The van der Waals surface area contributed by atoms with E-state index in [9.17, 15) is 14.7 Å². The molecule has 0 saturated heterocycles. The topological polar surface area (TPSA) is 87.6 Å². The first-order valence-corrected chi connectivity index (χ1v) is 10.3. The average molecular weight is 433 g/mol. The number of hydrogen-bond acceptors (Lipinski definition) is 5. The molecule has 1 atom stereocenters. The molecule has 164 valence electrons. The lowest BCUT2D eigenvalue weighted by molar-refractivity contribution is 0.0462. The molecule has 8 nitrogen and oxygen atoms in total. The van der Waals surface area contributed by atoms with Gasteiger partial charge in [0.2, 0.25) is 0 Å². The van der Waals surface area contributed by atoms with E-state index in [1.54, 1.807) is 25.2 Å². The molecule has 1 aliphatic heterocycles. The third-order valence-corrected chi connectivity index (χ3v) is 6.13. The SMILES string of the molecule is COc1cccc([C@H]2OCCn3c(-c4ccccc4)c4c(=O)n(C)c(=O)n(C)c4c32)c1O. The van der Waals surface area contributed by atoms with Gasteiger partial charge in [-0.1, -0.05) is 42.5 Å². The van der Waals surface area contributed by atoms with Gasteiger partial charge in [0.05, 0.1) is 36.0 Å². The lowest BCUT2D eigenvalue weighted by Gasteiger charge is -2.28. The van der Waals surface area contributed by atoms with Crippen LogP contribution in [-0.2, 0) is 25.4 Å². The molecule has 0 radical (unpaired) electrons. The van der Waals surface area contributed by atoms with Crippen molar-refractivity contribution in [1.29, 1.82) is 0 Å². The molecule has 0 amide bonds. The number of nitrogens with zero attached hydrogens (tertiary/aromatic N) is 3. The highest BCUT2D eigenvalue weighted by Gasteiger charge is 2.34. The van der Waals surface area contributed by atoms with E-state index in [0.717, 1.165) is 15.8 Å². The Morgan fingerprint density at radius 3 is 2.50 bits per heavy atom. The molecule has 3 heterocycles. The van der Waals surface area contributed by atoms with Gasteiger partial charge in [-0.05, 0) is 11.6 Å². The van der Waals surface area contributed by atoms with Crippen molar-refractivity contribution in [2.24, 2.45) is 14.1 Å². The summed E-state index contributed by atoms with van der Waals surface area (Å²) >= 11 is 0. The van der Waals surface area contributed by atoms with Crippen LogP contribution >= 0.6 is 0 Å². The van der Waals surface area contributed by atoms with Gasteiger partial charge in [-0.3, -0.25) is 13.9 Å². The summed E-state index contributed by atoms with van der Waals surface area (Å²) in [4.78, 5) is 26.2. The number of para-hydroxylation sites is 1. The van der Waals surface area contributed by atoms with Crippen LogP contribution in [0.1, 0.15) is 17.4 Å². The zero-order chi connectivity index (χ0) is 22.6. The highest BCUT2D eigenvalue weighted by atomic mass is 16.5. The van der Waals surface area contributed by atoms with Crippen molar-refractivity contribution >= 4 is 10.9 Å². The third-order valence-electron chi connectivity index (χ3n) is 6.13. The predicted molar refractivity (Wildman–Crippen MR) is 120 cm³/mol. The summed E-state index contributed by atoms with van der Waals surface area (Å²) in [6.45, 7) is 0.885. The van der Waals surface area contributed by atoms with Crippen LogP contribution in [-0.4, -0.2) is 32.5 Å². The minimum atomic E-state index is -0.684. The van der Waals surface area contributed by atoms with Crippen molar-refractivity contribution in [1.82, 2.24) is 13.7 Å². The summed E-state index contributed by atoms with van der Waals surface area (Å²) in [5, 5.41) is 11.3. The molecule has 5 rings (SSSR count). The van der Waals surface area contributed by atoms with Crippen molar-refractivity contribution < 1.29 is 14.6 Å². The fourth-order valence-corrected chi connectivity index (χ4v) is 4.63. The van der Waals surface area contributed by atoms with E-state index < -0.39 is 11.8 Å². The van der Waals surface area contributed by atoms with Crippen LogP contribution in [0.2, 0.25) is 0 Å². The normalized spacial score (nSPS) is 15.7. The average Bonchev–Trinajstić information content (AvgIpc) is 3.18. The number of benzene rings is 2. The minimum absolute atomic E-state index is 0.0297. The van der Waals surface area contributed by atoms with E-state index in [1.165, 1.54) is 18.7 Å². The van der Waals surface area contributed by atoms with E-state index >= 15 is 0 Å². The molecule has 4 aromatic rings. The van der Waals surface area contributed by atoms with Crippen LogP contribution in [0.25, 0.3) is 22.2 Å². The van der Waals surface area contributed by atoms with Crippen LogP contribution in [0.3, 0.4) is 0 Å². The van der Waals surface area contributed by atoms with E-state index in [4.69, 9.17) is 9.47 Å². The van der Waals surface area contributed by atoms with Crippen molar-refractivity contribution in [2.45, 2.75) is 12.6 Å². The monoisotopic (exact) mass is 433 g/mol. The molecule has 8 heteroatoms. The predicted octanol–water partition coefficient (Wildman–Crippen LogP) is 2.54. The molecule has 1 aliphatic rings. The van der Waals surface area contributed by atoms with Gasteiger partial charge in [0.25, 0.3) is 5.56 Å². The Bertz CT molecular complexity index is 1460. The van der Waals surface area contributed by atoms with Crippen LogP contribution in [0.5, 0.6) is 11.5 Å². The summed E-state index contributed by atoms with van der Waals surface area (Å²) in [6.07, 6.45) is -0.684. The highest BCUT2D eigenvalue weighted by Crippen LogP contribution is 2.44. The number of aromatic hydroxyl groups is 1. The largest absolute Gasteiger partial charge is 0.504 e. The Morgan fingerprint density at radius 2 is 1.78 bits per heavy atom. The molecule has 0 fully saturated rings. The standard InChI is InChI=1S/C24H23N3O5/c1-25-19-17(23(29)26(2)24(25)30)18(14-8-5-4-6-9-14)27-12-13-32-22(20(19)27)15-10-7-11-16(31-3)21(15)28/h4-11,22,28H,12-13H2,1-3H3/t22-/m1/s1. The third kappa shape index (κ3) is 2.73. The molecule has 0 saturated carbocycles. The second-order valence-electron chi connectivity index (χ2n) is 7.83. The zero-order valence-electron chi connectivity index (χ0n) is 18.0. The number of aromatic nitrogens is 3. The van der Waals surface area contributed by atoms with Gasteiger partial charge in [-0.2, -0.15) is 0 Å². The maximum atomic E-state index is 13.3. The number of rotatable bonds is 3. The van der Waals surface area contributed by atoms with Crippen molar-refractivity contribution in [3.05, 3.63) is 80.6 Å². The second kappa shape index (κ2) is 7.42. The lowest BCUT2D eigenvalue weighted by Crippen LogP contribution is -2.37.